The molecule has 2 atom stereocenters. The highest BCUT2D eigenvalue weighted by Crippen LogP contribution is 2.22. The first kappa shape index (κ1) is 10.8. The van der Waals surface area contributed by atoms with E-state index in [2.05, 4.69) is 35.8 Å². The highest BCUT2D eigenvalue weighted by atomic mass is 32.2. The molecular weight excluding hydrogens is 192 g/mol. The highest BCUT2D eigenvalue weighted by Gasteiger charge is 2.26. The van der Waals surface area contributed by atoms with E-state index < -0.39 is 0 Å². The summed E-state index contributed by atoms with van der Waals surface area (Å²) in [4.78, 5) is 2.66. The van der Waals surface area contributed by atoms with Gasteiger partial charge in [0.25, 0.3) is 0 Å². The summed E-state index contributed by atoms with van der Waals surface area (Å²) in [5.41, 5.74) is 0. The van der Waals surface area contributed by atoms with Gasteiger partial charge in [-0.2, -0.15) is 11.8 Å². The quantitative estimate of drug-likeness (QED) is 0.762. The summed E-state index contributed by atoms with van der Waals surface area (Å²) >= 11 is 2.12. The SMILES string of the molecule is CC1CN(CC(C)C2CNC2)CCS1. The number of hydrogen-bond acceptors (Lipinski definition) is 3. The van der Waals surface area contributed by atoms with E-state index in [0.29, 0.717) is 0 Å². The third-order valence-electron chi connectivity index (χ3n) is 3.49. The summed E-state index contributed by atoms with van der Waals surface area (Å²) in [6.07, 6.45) is 0. The van der Waals surface area contributed by atoms with E-state index in [9.17, 15) is 0 Å². The number of thioether (sulfide) groups is 1. The van der Waals surface area contributed by atoms with Gasteiger partial charge in [0.1, 0.15) is 0 Å². The topological polar surface area (TPSA) is 15.3 Å². The van der Waals surface area contributed by atoms with Crippen LogP contribution in [-0.2, 0) is 0 Å². The standard InChI is InChI=1S/C11H22N2S/c1-9(11-5-12-6-11)7-13-3-4-14-10(2)8-13/h9-12H,3-8H2,1-2H3. The Morgan fingerprint density at radius 2 is 2.29 bits per heavy atom. The van der Waals surface area contributed by atoms with E-state index in [1.165, 1.54) is 38.5 Å². The monoisotopic (exact) mass is 214 g/mol. The second-order valence-electron chi connectivity index (χ2n) is 4.84. The van der Waals surface area contributed by atoms with E-state index in [0.717, 1.165) is 17.1 Å². The van der Waals surface area contributed by atoms with Gasteiger partial charge in [-0.1, -0.05) is 13.8 Å². The van der Waals surface area contributed by atoms with Gasteiger partial charge in [-0.15, -0.1) is 0 Å². The maximum Gasteiger partial charge on any atom is 0.0147 e. The minimum atomic E-state index is 0.843. The van der Waals surface area contributed by atoms with Gasteiger partial charge in [-0.25, -0.2) is 0 Å². The predicted octanol–water partition coefficient (Wildman–Crippen LogP) is 1.28. The Morgan fingerprint density at radius 3 is 2.86 bits per heavy atom. The largest absolute Gasteiger partial charge is 0.316 e. The van der Waals surface area contributed by atoms with Crippen molar-refractivity contribution in [1.29, 1.82) is 0 Å². The van der Waals surface area contributed by atoms with E-state index >= 15 is 0 Å². The van der Waals surface area contributed by atoms with Crippen molar-refractivity contribution < 1.29 is 0 Å². The highest BCUT2D eigenvalue weighted by molar-refractivity contribution is 7.99. The van der Waals surface area contributed by atoms with Crippen LogP contribution in [0.25, 0.3) is 0 Å². The first-order valence-corrected chi connectivity index (χ1v) is 6.85. The van der Waals surface area contributed by atoms with E-state index in [1.807, 2.05) is 0 Å². The van der Waals surface area contributed by atoms with Gasteiger partial charge in [0, 0.05) is 30.6 Å². The molecule has 2 fully saturated rings. The summed E-state index contributed by atoms with van der Waals surface area (Å²) in [6, 6.07) is 0. The lowest BCUT2D eigenvalue weighted by molar-refractivity contribution is 0.170. The molecule has 2 aliphatic heterocycles. The van der Waals surface area contributed by atoms with Crippen LogP contribution in [-0.4, -0.2) is 48.6 Å². The van der Waals surface area contributed by atoms with Crippen molar-refractivity contribution in [3.8, 4) is 0 Å². The first-order valence-electron chi connectivity index (χ1n) is 5.80. The van der Waals surface area contributed by atoms with Crippen LogP contribution < -0.4 is 5.32 Å². The lowest BCUT2D eigenvalue weighted by Gasteiger charge is -2.38. The Bertz CT molecular complexity index is 182. The van der Waals surface area contributed by atoms with Crippen LogP contribution in [0.2, 0.25) is 0 Å². The Kier molecular flexibility index (Phi) is 3.74. The fraction of sp³-hybridized carbons (Fsp3) is 1.00. The van der Waals surface area contributed by atoms with Crippen LogP contribution in [0.1, 0.15) is 13.8 Å². The van der Waals surface area contributed by atoms with Crippen LogP contribution >= 0.6 is 11.8 Å². The average Bonchev–Trinajstić information content (AvgIpc) is 1.99. The second kappa shape index (κ2) is 4.86. The lowest BCUT2D eigenvalue weighted by atomic mass is 9.88. The van der Waals surface area contributed by atoms with Gasteiger partial charge >= 0.3 is 0 Å². The van der Waals surface area contributed by atoms with Gasteiger partial charge in [0.15, 0.2) is 0 Å². The third-order valence-corrected chi connectivity index (χ3v) is 4.63. The van der Waals surface area contributed by atoms with E-state index in [1.54, 1.807) is 0 Å². The summed E-state index contributed by atoms with van der Waals surface area (Å²) in [5.74, 6) is 3.16. The summed E-state index contributed by atoms with van der Waals surface area (Å²) in [5, 5.41) is 4.21. The lowest BCUT2D eigenvalue weighted by Crippen LogP contribution is -2.49. The number of nitrogens with one attached hydrogen (secondary N) is 1. The van der Waals surface area contributed by atoms with Crippen LogP contribution in [0, 0.1) is 11.8 Å². The van der Waals surface area contributed by atoms with Gasteiger partial charge in [0.2, 0.25) is 0 Å². The molecule has 0 spiro atoms. The molecule has 0 aromatic heterocycles. The Morgan fingerprint density at radius 1 is 1.50 bits per heavy atom. The van der Waals surface area contributed by atoms with Crippen molar-refractivity contribution in [3.05, 3.63) is 0 Å². The molecule has 14 heavy (non-hydrogen) atoms. The Balaban J connectivity index is 1.72. The van der Waals surface area contributed by atoms with Crippen LogP contribution in [0.15, 0.2) is 0 Å². The molecule has 2 heterocycles. The molecule has 1 N–H and O–H groups in total. The normalized spacial score (nSPS) is 32.6. The smallest absolute Gasteiger partial charge is 0.0147 e. The van der Waals surface area contributed by atoms with Crippen molar-refractivity contribution in [2.24, 2.45) is 11.8 Å². The molecule has 2 aliphatic rings. The van der Waals surface area contributed by atoms with E-state index in [4.69, 9.17) is 0 Å². The number of hydrogen-bond donors (Lipinski definition) is 1. The summed E-state index contributed by atoms with van der Waals surface area (Å²) in [6.45, 7) is 11.2. The average molecular weight is 214 g/mol. The van der Waals surface area contributed by atoms with Crippen molar-refractivity contribution in [2.75, 3.05) is 38.5 Å². The Hall–Kier alpha value is 0.270. The molecule has 0 bridgehead atoms. The minimum absolute atomic E-state index is 0.843. The maximum absolute atomic E-state index is 3.37. The second-order valence-corrected chi connectivity index (χ2v) is 6.38. The molecule has 0 radical (unpaired) electrons. The molecule has 0 aromatic carbocycles. The van der Waals surface area contributed by atoms with Gasteiger partial charge in [0.05, 0.1) is 0 Å². The van der Waals surface area contributed by atoms with Crippen molar-refractivity contribution >= 4 is 11.8 Å². The van der Waals surface area contributed by atoms with Crippen LogP contribution in [0.3, 0.4) is 0 Å². The molecule has 82 valence electrons. The molecule has 0 saturated carbocycles. The number of nitrogens with zero attached hydrogens (tertiary/aromatic N) is 1. The molecule has 3 heteroatoms. The Labute approximate surface area is 91.8 Å². The first-order chi connectivity index (χ1) is 6.75. The van der Waals surface area contributed by atoms with Gasteiger partial charge in [-0.05, 0) is 24.9 Å². The molecule has 2 saturated heterocycles. The molecule has 2 nitrogen and oxygen atoms in total. The fourth-order valence-corrected chi connectivity index (χ4v) is 3.41. The maximum atomic E-state index is 3.37. The molecular formula is C11H22N2S. The van der Waals surface area contributed by atoms with Crippen LogP contribution in [0.4, 0.5) is 0 Å². The zero-order valence-corrected chi connectivity index (χ0v) is 10.1. The molecule has 2 rings (SSSR count). The summed E-state index contributed by atoms with van der Waals surface area (Å²) in [7, 11) is 0. The molecule has 0 amide bonds. The molecule has 0 aromatic rings. The van der Waals surface area contributed by atoms with Gasteiger partial charge < -0.3 is 10.2 Å². The fourth-order valence-electron chi connectivity index (χ4n) is 2.33. The number of rotatable bonds is 3. The van der Waals surface area contributed by atoms with Crippen LogP contribution in [0.5, 0.6) is 0 Å². The zero-order chi connectivity index (χ0) is 9.97. The molecule has 2 unspecified atom stereocenters. The summed E-state index contributed by atoms with van der Waals surface area (Å²) < 4.78 is 0. The predicted molar refractivity (Wildman–Crippen MR) is 63.9 cm³/mol. The third kappa shape index (κ3) is 2.65. The zero-order valence-electron chi connectivity index (χ0n) is 9.33. The van der Waals surface area contributed by atoms with Crippen molar-refractivity contribution in [1.82, 2.24) is 10.2 Å². The van der Waals surface area contributed by atoms with E-state index in [-0.39, 0.29) is 0 Å². The minimum Gasteiger partial charge on any atom is -0.316 e. The molecule has 0 aliphatic carbocycles. The van der Waals surface area contributed by atoms with Gasteiger partial charge in [-0.3, -0.25) is 0 Å². The van der Waals surface area contributed by atoms with Crippen molar-refractivity contribution in [3.63, 3.8) is 0 Å². The van der Waals surface area contributed by atoms with Crippen molar-refractivity contribution in [2.45, 2.75) is 19.1 Å².